The highest BCUT2D eigenvalue weighted by atomic mass is 16.2. The van der Waals surface area contributed by atoms with Crippen LogP contribution in [0.15, 0.2) is 42.7 Å². The van der Waals surface area contributed by atoms with Crippen molar-refractivity contribution in [3.8, 4) is 5.69 Å². The molecule has 7 heteroatoms. The number of para-hydroxylation sites is 1. The minimum Gasteiger partial charge on any atom is -0.330 e. The van der Waals surface area contributed by atoms with E-state index in [4.69, 9.17) is 0 Å². The van der Waals surface area contributed by atoms with Crippen LogP contribution in [0, 0.1) is 6.92 Å². The van der Waals surface area contributed by atoms with E-state index in [2.05, 4.69) is 15.4 Å². The summed E-state index contributed by atoms with van der Waals surface area (Å²) < 4.78 is 3.48. The number of hydrogen-bond donors (Lipinski definition) is 0. The van der Waals surface area contributed by atoms with Crippen molar-refractivity contribution in [3.05, 3.63) is 59.7 Å². The third-order valence-corrected chi connectivity index (χ3v) is 4.72. The molecule has 2 aromatic heterocycles. The Hall–Kier alpha value is -2.96. The van der Waals surface area contributed by atoms with Gasteiger partial charge in [0.2, 0.25) is 0 Å². The van der Waals surface area contributed by atoms with E-state index < -0.39 is 0 Å². The average molecular weight is 336 g/mol. The van der Waals surface area contributed by atoms with Crippen LogP contribution in [0.1, 0.15) is 40.6 Å². The summed E-state index contributed by atoms with van der Waals surface area (Å²) in [6, 6.07) is 9.79. The molecule has 25 heavy (non-hydrogen) atoms. The van der Waals surface area contributed by atoms with Gasteiger partial charge >= 0.3 is 0 Å². The maximum absolute atomic E-state index is 13.1. The number of aryl methyl sites for hydroxylation is 1. The summed E-state index contributed by atoms with van der Waals surface area (Å²) in [4.78, 5) is 15.0. The number of carbonyl (C=O) groups excluding carboxylic acids is 1. The first-order valence-corrected chi connectivity index (χ1v) is 8.42. The van der Waals surface area contributed by atoms with Gasteiger partial charge in [-0.3, -0.25) is 9.48 Å². The Bertz CT molecular complexity index is 897. The first-order chi connectivity index (χ1) is 12.1. The predicted octanol–water partition coefficient (Wildman–Crippen LogP) is 2.29. The Labute approximate surface area is 145 Å². The molecule has 0 bridgehead atoms. The highest BCUT2D eigenvalue weighted by molar-refractivity contribution is 5.93. The van der Waals surface area contributed by atoms with Gasteiger partial charge in [0.1, 0.15) is 0 Å². The Morgan fingerprint density at radius 3 is 2.76 bits per heavy atom. The minimum absolute atomic E-state index is 0.0578. The highest BCUT2D eigenvalue weighted by Crippen LogP contribution is 2.33. The van der Waals surface area contributed by atoms with Crippen LogP contribution >= 0.6 is 0 Å². The fourth-order valence-corrected chi connectivity index (χ4v) is 3.45. The number of likely N-dealkylation sites (tertiary alicyclic amines) is 1. The van der Waals surface area contributed by atoms with E-state index in [0.29, 0.717) is 5.69 Å². The lowest BCUT2D eigenvalue weighted by molar-refractivity contribution is 0.0728. The van der Waals surface area contributed by atoms with E-state index in [-0.39, 0.29) is 11.9 Å². The molecule has 0 unspecified atom stereocenters. The summed E-state index contributed by atoms with van der Waals surface area (Å²) in [6.45, 7) is 2.62. The molecule has 7 nitrogen and oxygen atoms in total. The molecule has 0 aliphatic carbocycles. The van der Waals surface area contributed by atoms with Gasteiger partial charge in [0.25, 0.3) is 5.91 Å². The molecule has 3 aromatic rings. The van der Waals surface area contributed by atoms with Crippen LogP contribution in [0.4, 0.5) is 0 Å². The van der Waals surface area contributed by atoms with Gasteiger partial charge in [-0.2, -0.15) is 5.10 Å². The lowest BCUT2D eigenvalue weighted by atomic mass is 10.1. The molecule has 1 fully saturated rings. The Morgan fingerprint density at radius 2 is 2.04 bits per heavy atom. The van der Waals surface area contributed by atoms with Crippen LogP contribution in [-0.4, -0.2) is 42.1 Å². The number of carbonyl (C=O) groups is 1. The van der Waals surface area contributed by atoms with Gasteiger partial charge in [0.05, 0.1) is 23.6 Å². The largest absolute Gasteiger partial charge is 0.330 e. The zero-order valence-corrected chi connectivity index (χ0v) is 14.3. The van der Waals surface area contributed by atoms with E-state index in [0.717, 1.165) is 36.3 Å². The fraction of sp³-hybridized carbons (Fsp3) is 0.333. The molecule has 1 aliphatic rings. The van der Waals surface area contributed by atoms with Crippen molar-refractivity contribution in [3.63, 3.8) is 0 Å². The highest BCUT2D eigenvalue weighted by Gasteiger charge is 2.33. The SMILES string of the molecule is Cc1c(C(=O)N2CCC[C@H]2c2cnn(C)c2)nnn1-c1ccccc1. The van der Waals surface area contributed by atoms with Crippen LogP contribution in [0.3, 0.4) is 0 Å². The van der Waals surface area contributed by atoms with Crippen LogP contribution < -0.4 is 0 Å². The number of benzene rings is 1. The molecule has 128 valence electrons. The van der Waals surface area contributed by atoms with E-state index in [9.17, 15) is 4.79 Å². The lowest BCUT2D eigenvalue weighted by Gasteiger charge is -2.23. The second-order valence-electron chi connectivity index (χ2n) is 6.37. The smallest absolute Gasteiger partial charge is 0.276 e. The molecule has 0 N–H and O–H groups in total. The Kier molecular flexibility index (Phi) is 3.83. The second kappa shape index (κ2) is 6.16. The van der Waals surface area contributed by atoms with E-state index in [1.807, 2.05) is 61.6 Å². The summed E-state index contributed by atoms with van der Waals surface area (Å²) in [5, 5.41) is 12.6. The molecule has 1 saturated heterocycles. The quantitative estimate of drug-likeness (QED) is 0.736. The van der Waals surface area contributed by atoms with Crippen LogP contribution in [0.2, 0.25) is 0 Å². The molecule has 1 aromatic carbocycles. The van der Waals surface area contributed by atoms with Gasteiger partial charge in [0, 0.05) is 25.4 Å². The van der Waals surface area contributed by atoms with Gasteiger partial charge in [-0.1, -0.05) is 23.4 Å². The molecule has 1 amide bonds. The summed E-state index contributed by atoms with van der Waals surface area (Å²) >= 11 is 0. The summed E-state index contributed by atoms with van der Waals surface area (Å²) in [6.07, 6.45) is 5.74. The van der Waals surface area contributed by atoms with Crippen LogP contribution in [0.25, 0.3) is 5.69 Å². The maximum Gasteiger partial charge on any atom is 0.276 e. The standard InChI is InChI=1S/C18H20N6O/c1-13-17(20-21-24(13)15-7-4-3-5-8-15)18(25)23-10-6-9-16(23)14-11-19-22(2)12-14/h3-5,7-8,11-12,16H,6,9-10H2,1-2H3/t16-/m0/s1. The Balaban J connectivity index is 1.64. The fourth-order valence-electron chi connectivity index (χ4n) is 3.45. The Morgan fingerprint density at radius 1 is 1.24 bits per heavy atom. The van der Waals surface area contributed by atoms with Crippen molar-refractivity contribution in [1.29, 1.82) is 0 Å². The molecule has 4 rings (SSSR count). The normalized spacial score (nSPS) is 17.2. The van der Waals surface area contributed by atoms with Crippen molar-refractivity contribution >= 4 is 5.91 Å². The zero-order valence-electron chi connectivity index (χ0n) is 14.3. The van der Waals surface area contributed by atoms with Gasteiger partial charge in [-0.05, 0) is 31.9 Å². The number of amides is 1. The van der Waals surface area contributed by atoms with Crippen LogP contribution in [0.5, 0.6) is 0 Å². The van der Waals surface area contributed by atoms with E-state index in [1.54, 1.807) is 9.36 Å². The first-order valence-electron chi connectivity index (χ1n) is 8.42. The summed E-state index contributed by atoms with van der Waals surface area (Å²) in [5.74, 6) is -0.0639. The van der Waals surface area contributed by atoms with Crippen molar-refractivity contribution < 1.29 is 4.79 Å². The van der Waals surface area contributed by atoms with Crippen molar-refractivity contribution in [1.82, 2.24) is 29.7 Å². The number of rotatable bonds is 3. The number of aromatic nitrogens is 5. The van der Waals surface area contributed by atoms with Crippen molar-refractivity contribution in [2.45, 2.75) is 25.8 Å². The molecular weight excluding hydrogens is 316 g/mol. The third-order valence-electron chi connectivity index (χ3n) is 4.72. The molecule has 3 heterocycles. The molecule has 0 spiro atoms. The third kappa shape index (κ3) is 2.71. The van der Waals surface area contributed by atoms with Gasteiger partial charge < -0.3 is 4.90 Å². The maximum atomic E-state index is 13.1. The minimum atomic E-state index is -0.0639. The first kappa shape index (κ1) is 15.6. The number of nitrogens with zero attached hydrogens (tertiary/aromatic N) is 6. The molecule has 1 aliphatic heterocycles. The summed E-state index contributed by atoms with van der Waals surface area (Å²) in [5.41, 5.74) is 3.14. The topological polar surface area (TPSA) is 68.8 Å². The van der Waals surface area contributed by atoms with E-state index >= 15 is 0 Å². The average Bonchev–Trinajstić information content (AvgIpc) is 3.34. The summed E-state index contributed by atoms with van der Waals surface area (Å²) in [7, 11) is 1.89. The molecular formula is C18H20N6O. The number of hydrogen-bond acceptors (Lipinski definition) is 4. The van der Waals surface area contributed by atoms with Crippen LogP contribution in [-0.2, 0) is 7.05 Å². The van der Waals surface area contributed by atoms with Gasteiger partial charge in [-0.15, -0.1) is 5.10 Å². The second-order valence-corrected chi connectivity index (χ2v) is 6.37. The molecule has 0 saturated carbocycles. The molecule has 0 radical (unpaired) electrons. The lowest BCUT2D eigenvalue weighted by Crippen LogP contribution is -2.31. The molecule has 1 atom stereocenters. The zero-order chi connectivity index (χ0) is 17.4. The predicted molar refractivity (Wildman–Crippen MR) is 92.3 cm³/mol. The van der Waals surface area contributed by atoms with Gasteiger partial charge in [0.15, 0.2) is 5.69 Å². The van der Waals surface area contributed by atoms with Gasteiger partial charge in [-0.25, -0.2) is 4.68 Å². The van der Waals surface area contributed by atoms with Crippen molar-refractivity contribution in [2.75, 3.05) is 6.54 Å². The van der Waals surface area contributed by atoms with Crippen molar-refractivity contribution in [2.24, 2.45) is 7.05 Å². The monoisotopic (exact) mass is 336 g/mol. The van der Waals surface area contributed by atoms with E-state index in [1.165, 1.54) is 0 Å².